The van der Waals surface area contributed by atoms with E-state index in [2.05, 4.69) is 20.9 Å². The van der Waals surface area contributed by atoms with E-state index in [1.807, 2.05) is 67.6 Å². The van der Waals surface area contributed by atoms with Crippen molar-refractivity contribution in [2.24, 2.45) is 0 Å². The summed E-state index contributed by atoms with van der Waals surface area (Å²) in [7, 11) is 0. The number of urea groups is 1. The highest BCUT2D eigenvalue weighted by atomic mass is 16.2. The van der Waals surface area contributed by atoms with Gasteiger partial charge in [-0.2, -0.15) is 0 Å². The third-order valence-corrected chi connectivity index (χ3v) is 5.26. The zero-order valence-corrected chi connectivity index (χ0v) is 17.5. The molecule has 0 unspecified atom stereocenters. The van der Waals surface area contributed by atoms with Crippen molar-refractivity contribution in [1.82, 2.24) is 0 Å². The normalized spacial score (nSPS) is 13.0. The van der Waals surface area contributed by atoms with Gasteiger partial charge in [0.05, 0.1) is 11.4 Å². The molecule has 3 aromatic rings. The van der Waals surface area contributed by atoms with Gasteiger partial charge in [-0.25, -0.2) is 4.79 Å². The number of amides is 3. The third kappa shape index (κ3) is 5.22. The number of aryl methyl sites for hydroxylation is 1. The molecule has 0 aliphatic carbocycles. The zero-order chi connectivity index (χ0) is 21.6. The fourth-order valence-electron chi connectivity index (χ4n) is 3.75. The van der Waals surface area contributed by atoms with E-state index in [0.29, 0.717) is 16.9 Å². The summed E-state index contributed by atoms with van der Waals surface area (Å²) in [6.07, 6.45) is 2.25. The summed E-state index contributed by atoms with van der Waals surface area (Å²) in [5.41, 5.74) is 4.63. The van der Waals surface area contributed by atoms with Gasteiger partial charge >= 0.3 is 6.03 Å². The van der Waals surface area contributed by atoms with Crippen LogP contribution in [-0.4, -0.2) is 25.0 Å². The molecule has 3 N–H and O–H groups in total. The van der Waals surface area contributed by atoms with E-state index >= 15 is 0 Å². The minimum Gasteiger partial charge on any atom is -0.370 e. The fourth-order valence-corrected chi connectivity index (χ4v) is 3.75. The molecule has 0 spiro atoms. The van der Waals surface area contributed by atoms with Crippen LogP contribution in [0.1, 0.15) is 28.8 Å². The molecule has 31 heavy (non-hydrogen) atoms. The second-order valence-corrected chi connectivity index (χ2v) is 7.69. The Morgan fingerprint density at radius 2 is 1.52 bits per heavy atom. The van der Waals surface area contributed by atoms with E-state index in [1.165, 1.54) is 0 Å². The molecule has 0 radical (unpaired) electrons. The largest absolute Gasteiger partial charge is 0.370 e. The molecular formula is C25H26N4O2. The summed E-state index contributed by atoms with van der Waals surface area (Å²) in [6, 6.07) is 22.0. The molecule has 4 rings (SSSR count). The van der Waals surface area contributed by atoms with Crippen LogP contribution in [0, 0.1) is 6.92 Å². The predicted molar refractivity (Wildman–Crippen MR) is 126 cm³/mol. The number of rotatable bonds is 5. The maximum absolute atomic E-state index is 12.7. The van der Waals surface area contributed by atoms with E-state index in [1.54, 1.807) is 12.1 Å². The summed E-state index contributed by atoms with van der Waals surface area (Å²) in [4.78, 5) is 27.5. The van der Waals surface area contributed by atoms with E-state index in [-0.39, 0.29) is 11.9 Å². The summed E-state index contributed by atoms with van der Waals surface area (Å²) in [5.74, 6) is -0.190. The van der Waals surface area contributed by atoms with Gasteiger partial charge in [-0.05, 0) is 67.8 Å². The molecule has 1 heterocycles. The van der Waals surface area contributed by atoms with Crippen molar-refractivity contribution in [2.75, 3.05) is 33.9 Å². The summed E-state index contributed by atoms with van der Waals surface area (Å²) in [5, 5.41) is 8.76. The van der Waals surface area contributed by atoms with Gasteiger partial charge < -0.3 is 20.9 Å². The number of benzene rings is 3. The van der Waals surface area contributed by atoms with Gasteiger partial charge in [-0.15, -0.1) is 0 Å². The Morgan fingerprint density at radius 3 is 2.26 bits per heavy atom. The number of nitrogens with one attached hydrogen (secondary N) is 3. The van der Waals surface area contributed by atoms with Crippen LogP contribution in [-0.2, 0) is 0 Å². The molecule has 1 saturated heterocycles. The number of hydrogen-bond acceptors (Lipinski definition) is 3. The van der Waals surface area contributed by atoms with Crippen LogP contribution in [0.15, 0.2) is 72.8 Å². The topological polar surface area (TPSA) is 73.5 Å². The lowest BCUT2D eigenvalue weighted by molar-refractivity contribution is 0.102. The van der Waals surface area contributed by atoms with Gasteiger partial charge in [-0.1, -0.05) is 30.3 Å². The minimum absolute atomic E-state index is 0.190. The van der Waals surface area contributed by atoms with Gasteiger partial charge in [0.15, 0.2) is 0 Å². The lowest BCUT2D eigenvalue weighted by Crippen LogP contribution is -2.24. The smallest absolute Gasteiger partial charge is 0.323 e. The Bertz CT molecular complexity index is 1080. The highest BCUT2D eigenvalue weighted by Crippen LogP contribution is 2.32. The van der Waals surface area contributed by atoms with Crippen LogP contribution in [0.25, 0.3) is 0 Å². The highest BCUT2D eigenvalue weighted by molar-refractivity contribution is 6.06. The Kier molecular flexibility index (Phi) is 6.17. The van der Waals surface area contributed by atoms with Gasteiger partial charge in [-0.3, -0.25) is 4.79 Å². The zero-order valence-electron chi connectivity index (χ0n) is 17.5. The first kappa shape index (κ1) is 20.5. The van der Waals surface area contributed by atoms with Crippen molar-refractivity contribution < 1.29 is 9.59 Å². The van der Waals surface area contributed by atoms with Crippen LogP contribution < -0.4 is 20.9 Å². The lowest BCUT2D eigenvalue weighted by atomic mass is 10.2. The molecule has 0 aromatic heterocycles. The van der Waals surface area contributed by atoms with Crippen molar-refractivity contribution >= 4 is 34.7 Å². The van der Waals surface area contributed by atoms with Crippen LogP contribution in [0.5, 0.6) is 0 Å². The van der Waals surface area contributed by atoms with Crippen LogP contribution in [0.3, 0.4) is 0 Å². The summed E-state index contributed by atoms with van der Waals surface area (Å²) >= 11 is 0. The van der Waals surface area contributed by atoms with E-state index < -0.39 is 0 Å². The first-order chi connectivity index (χ1) is 15.1. The number of nitrogens with zero attached hydrogens (tertiary/aromatic N) is 1. The van der Waals surface area contributed by atoms with Crippen molar-refractivity contribution in [3.63, 3.8) is 0 Å². The summed E-state index contributed by atoms with van der Waals surface area (Å²) in [6.45, 7) is 3.88. The molecule has 1 aliphatic rings. The number of carbonyl (C=O) groups is 2. The molecule has 3 aromatic carbocycles. The van der Waals surface area contributed by atoms with Gasteiger partial charge in [0.25, 0.3) is 5.91 Å². The van der Waals surface area contributed by atoms with Gasteiger partial charge in [0, 0.05) is 30.0 Å². The van der Waals surface area contributed by atoms with Crippen LogP contribution in [0.4, 0.5) is 27.5 Å². The minimum atomic E-state index is -0.322. The molecule has 1 aliphatic heterocycles. The maximum atomic E-state index is 12.7. The fraction of sp³-hybridized carbons (Fsp3) is 0.200. The highest BCUT2D eigenvalue weighted by Gasteiger charge is 2.18. The van der Waals surface area contributed by atoms with Crippen molar-refractivity contribution in [3.8, 4) is 0 Å². The number of anilines is 4. The monoisotopic (exact) mass is 414 g/mol. The van der Waals surface area contributed by atoms with Crippen molar-refractivity contribution in [3.05, 3.63) is 83.9 Å². The molecule has 158 valence electrons. The van der Waals surface area contributed by atoms with Crippen LogP contribution >= 0.6 is 0 Å². The Hall–Kier alpha value is -3.80. The second kappa shape index (κ2) is 9.34. The molecule has 0 atom stereocenters. The van der Waals surface area contributed by atoms with Crippen molar-refractivity contribution in [1.29, 1.82) is 0 Å². The quantitative estimate of drug-likeness (QED) is 0.517. The first-order valence-corrected chi connectivity index (χ1v) is 10.5. The Labute approximate surface area is 182 Å². The maximum Gasteiger partial charge on any atom is 0.323 e. The molecular weight excluding hydrogens is 388 g/mol. The molecule has 0 saturated carbocycles. The summed E-state index contributed by atoms with van der Waals surface area (Å²) < 4.78 is 0. The number of carbonyl (C=O) groups excluding carboxylic acids is 2. The molecule has 1 fully saturated rings. The average molecular weight is 415 g/mol. The predicted octanol–water partition coefficient (Wildman–Crippen LogP) is 5.49. The van der Waals surface area contributed by atoms with E-state index in [4.69, 9.17) is 0 Å². The van der Waals surface area contributed by atoms with Gasteiger partial charge in [0.2, 0.25) is 0 Å². The molecule has 0 bridgehead atoms. The second-order valence-electron chi connectivity index (χ2n) is 7.69. The first-order valence-electron chi connectivity index (χ1n) is 10.5. The Morgan fingerprint density at radius 1 is 0.774 bits per heavy atom. The van der Waals surface area contributed by atoms with E-state index in [0.717, 1.165) is 42.9 Å². The van der Waals surface area contributed by atoms with E-state index in [9.17, 15) is 9.59 Å². The lowest BCUT2D eigenvalue weighted by Gasteiger charge is -2.22. The molecule has 6 nitrogen and oxygen atoms in total. The van der Waals surface area contributed by atoms with Crippen LogP contribution in [0.2, 0.25) is 0 Å². The third-order valence-electron chi connectivity index (χ3n) is 5.26. The number of hydrogen-bond donors (Lipinski definition) is 3. The molecule has 6 heteroatoms. The van der Waals surface area contributed by atoms with Gasteiger partial charge in [0.1, 0.15) is 0 Å². The Balaban J connectivity index is 1.55. The average Bonchev–Trinajstić information content (AvgIpc) is 3.29. The SMILES string of the molecule is Cc1cccc(NC(=O)Nc2cc(NC(=O)c3ccccc3)ccc2N2CCCC2)c1. The standard InChI is InChI=1S/C25H26N4O2/c1-18-8-7-11-20(16-18)27-25(31)28-22-17-21(12-13-23(22)29-14-5-6-15-29)26-24(30)19-9-3-2-4-10-19/h2-4,7-13,16-17H,5-6,14-15H2,1H3,(H,26,30)(H2,27,28,31). The molecule has 3 amide bonds. The van der Waals surface area contributed by atoms with Crippen molar-refractivity contribution in [2.45, 2.75) is 19.8 Å².